The predicted octanol–water partition coefficient (Wildman–Crippen LogP) is -5.48. The number of rotatable bonds is 10. The average molecular weight is 361 g/mol. The van der Waals surface area contributed by atoms with E-state index < -0.39 is 27.8 Å². The van der Waals surface area contributed by atoms with Gasteiger partial charge in [0.2, 0.25) is 0 Å². The molecule has 1 unspecified atom stereocenters. The largest absolute Gasteiger partial charge is 1.00 e. The molecular formula is C10H23NNa2O6P2. The summed E-state index contributed by atoms with van der Waals surface area (Å²) in [6.07, 6.45) is 2.07. The maximum absolute atomic E-state index is 11.0. The second kappa shape index (κ2) is 13.5. The van der Waals surface area contributed by atoms with E-state index in [1.54, 1.807) is 0 Å². The van der Waals surface area contributed by atoms with Gasteiger partial charge in [-0.3, -0.25) is 9.46 Å². The Balaban J connectivity index is -0.00000162. The molecule has 7 nitrogen and oxygen atoms in total. The van der Waals surface area contributed by atoms with Crippen molar-refractivity contribution < 1.29 is 87.8 Å². The molecule has 0 heterocycles. The fourth-order valence-corrected chi connectivity index (χ4v) is 3.55. The second-order valence-electron chi connectivity index (χ2n) is 4.83. The normalized spacial score (nSPS) is 13.5. The van der Waals surface area contributed by atoms with Crippen molar-refractivity contribution in [3.05, 3.63) is 0 Å². The summed E-state index contributed by atoms with van der Waals surface area (Å²) < 4.78 is 21.8. The van der Waals surface area contributed by atoms with Gasteiger partial charge in [-0.05, 0) is 12.3 Å². The minimum atomic E-state index is -4.82. The van der Waals surface area contributed by atoms with Gasteiger partial charge < -0.3 is 24.1 Å². The van der Waals surface area contributed by atoms with E-state index in [4.69, 9.17) is 9.79 Å². The summed E-state index contributed by atoms with van der Waals surface area (Å²) in [5.41, 5.74) is 0. The van der Waals surface area contributed by atoms with Crippen molar-refractivity contribution in [3.63, 3.8) is 0 Å². The summed E-state index contributed by atoms with van der Waals surface area (Å²) in [6, 6.07) is 0. The zero-order chi connectivity index (χ0) is 15.1. The van der Waals surface area contributed by atoms with Crippen LogP contribution in [0.3, 0.4) is 0 Å². The van der Waals surface area contributed by atoms with Crippen LogP contribution in [0, 0.1) is 5.92 Å². The first-order chi connectivity index (χ1) is 8.57. The molecule has 0 aromatic carbocycles. The van der Waals surface area contributed by atoms with E-state index in [1.165, 1.54) is 0 Å². The summed E-state index contributed by atoms with van der Waals surface area (Å²) in [6.45, 7) is 4.18. The zero-order valence-electron chi connectivity index (χ0n) is 13.4. The first kappa shape index (κ1) is 28.1. The standard InChI is InChI=1S/C10H25NO6P2.2Na/c1-3-5-6-10(4-2)7-11(8-18(12,13)14)9-19(15,16)17;;/h10H,3-9H2,1-2H3,(H2,12,13,14)(H2,15,16,17);;/q;2*+1/p-2. The molecule has 0 aromatic heterocycles. The van der Waals surface area contributed by atoms with Crippen LogP contribution in [0.15, 0.2) is 0 Å². The summed E-state index contributed by atoms with van der Waals surface area (Å²) in [4.78, 5) is 40.5. The maximum atomic E-state index is 11.0. The van der Waals surface area contributed by atoms with Crippen molar-refractivity contribution in [3.8, 4) is 0 Å². The number of hydrogen-bond donors (Lipinski definition) is 2. The Morgan fingerprint density at radius 3 is 1.95 bits per heavy atom. The molecule has 116 valence electrons. The van der Waals surface area contributed by atoms with Crippen molar-refractivity contribution in [2.45, 2.75) is 39.5 Å². The summed E-state index contributed by atoms with van der Waals surface area (Å²) in [5.74, 6) is 0.137. The smallest absolute Gasteiger partial charge is 0.810 e. The van der Waals surface area contributed by atoms with Crippen LogP contribution in [0.2, 0.25) is 0 Å². The van der Waals surface area contributed by atoms with Crippen LogP contribution >= 0.6 is 15.2 Å². The van der Waals surface area contributed by atoms with Gasteiger partial charge >= 0.3 is 66.7 Å². The van der Waals surface area contributed by atoms with E-state index in [2.05, 4.69) is 0 Å². The monoisotopic (exact) mass is 361 g/mol. The predicted molar refractivity (Wildman–Crippen MR) is 69.4 cm³/mol. The molecule has 0 saturated carbocycles. The molecule has 0 rings (SSSR count). The first-order valence-electron chi connectivity index (χ1n) is 6.35. The van der Waals surface area contributed by atoms with Gasteiger partial charge in [-0.1, -0.05) is 40.7 Å². The molecule has 0 bridgehead atoms. The maximum Gasteiger partial charge on any atom is 1.00 e. The summed E-state index contributed by atoms with van der Waals surface area (Å²) >= 11 is 0. The third kappa shape index (κ3) is 18.4. The molecule has 0 fully saturated rings. The molecule has 0 spiro atoms. The second-order valence-corrected chi connectivity index (χ2v) is 7.95. The Hall–Kier alpha value is 2.26. The van der Waals surface area contributed by atoms with Gasteiger partial charge in [-0.15, -0.1) is 0 Å². The zero-order valence-corrected chi connectivity index (χ0v) is 19.2. The van der Waals surface area contributed by atoms with Gasteiger partial charge in [0.05, 0.1) is 0 Å². The molecule has 2 N–H and O–H groups in total. The first-order valence-corrected chi connectivity index (χ1v) is 9.88. The Bertz CT molecular complexity index is 324. The van der Waals surface area contributed by atoms with Crippen LogP contribution in [-0.4, -0.2) is 33.8 Å². The topological polar surface area (TPSA) is 124 Å². The summed E-state index contributed by atoms with van der Waals surface area (Å²) in [7, 11) is -9.19. The number of unbranched alkanes of at least 4 members (excludes halogenated alkanes) is 1. The van der Waals surface area contributed by atoms with Crippen molar-refractivity contribution in [2.75, 3.05) is 19.1 Å². The van der Waals surface area contributed by atoms with E-state index in [0.717, 1.165) is 30.6 Å². The molecule has 1 atom stereocenters. The molecular weight excluding hydrogens is 338 g/mol. The molecule has 0 saturated heterocycles. The molecule has 11 heteroatoms. The van der Waals surface area contributed by atoms with Crippen LogP contribution in [0.1, 0.15) is 39.5 Å². The van der Waals surface area contributed by atoms with Crippen molar-refractivity contribution in [1.29, 1.82) is 0 Å². The Kier molecular flexibility index (Phi) is 18.1. The fraction of sp³-hybridized carbons (Fsp3) is 1.00. The molecule has 0 aliphatic rings. The third-order valence-corrected chi connectivity index (χ3v) is 4.33. The van der Waals surface area contributed by atoms with Gasteiger partial charge in [0.1, 0.15) is 6.29 Å². The fourth-order valence-electron chi connectivity index (χ4n) is 1.95. The van der Waals surface area contributed by atoms with Crippen molar-refractivity contribution in [2.24, 2.45) is 5.92 Å². The number of nitrogens with zero attached hydrogens (tertiary/aromatic N) is 1. The van der Waals surface area contributed by atoms with Crippen LogP contribution in [-0.2, 0) is 9.13 Å². The quantitative estimate of drug-likeness (QED) is 0.294. The van der Waals surface area contributed by atoms with Crippen molar-refractivity contribution in [1.82, 2.24) is 4.90 Å². The molecule has 0 radical (unpaired) electrons. The van der Waals surface area contributed by atoms with Crippen LogP contribution in [0.5, 0.6) is 0 Å². The van der Waals surface area contributed by atoms with E-state index in [0.29, 0.717) is 0 Å². The van der Waals surface area contributed by atoms with Crippen LogP contribution < -0.4 is 68.9 Å². The molecule has 21 heavy (non-hydrogen) atoms. The van der Waals surface area contributed by atoms with Gasteiger partial charge in [0.25, 0.3) is 0 Å². The van der Waals surface area contributed by atoms with Gasteiger partial charge in [0, 0.05) is 12.8 Å². The molecule has 0 aliphatic heterocycles. The molecule has 0 aliphatic carbocycles. The van der Waals surface area contributed by atoms with Gasteiger partial charge in [-0.2, -0.15) is 0 Å². The van der Waals surface area contributed by atoms with Gasteiger partial charge in [-0.25, -0.2) is 0 Å². The Morgan fingerprint density at radius 2 is 1.62 bits per heavy atom. The van der Waals surface area contributed by atoms with Crippen LogP contribution in [0.4, 0.5) is 0 Å². The molecule has 0 aromatic rings. The Labute approximate surface area is 171 Å². The van der Waals surface area contributed by atoms with Crippen molar-refractivity contribution >= 4 is 15.2 Å². The number of hydrogen-bond acceptors (Lipinski definition) is 5. The minimum Gasteiger partial charge on any atom is -0.810 e. The minimum absolute atomic E-state index is 0. The van der Waals surface area contributed by atoms with E-state index >= 15 is 0 Å². The van der Waals surface area contributed by atoms with Crippen LogP contribution in [0.25, 0.3) is 0 Å². The SMILES string of the molecule is CCCCC(CC)CN(CP(=O)([O-])[O-])CP(=O)(O)O.[Na+].[Na+]. The van der Waals surface area contributed by atoms with E-state index in [1.807, 2.05) is 13.8 Å². The Morgan fingerprint density at radius 1 is 1.10 bits per heavy atom. The molecule has 0 amide bonds. The van der Waals surface area contributed by atoms with E-state index in [-0.39, 0.29) is 71.6 Å². The van der Waals surface area contributed by atoms with E-state index in [9.17, 15) is 18.9 Å². The summed E-state index contributed by atoms with van der Waals surface area (Å²) in [5, 5.41) is 0. The third-order valence-electron chi connectivity index (χ3n) is 2.82. The average Bonchev–Trinajstić information content (AvgIpc) is 2.19. The van der Waals surface area contributed by atoms with Gasteiger partial charge in [0.15, 0.2) is 0 Å².